The van der Waals surface area contributed by atoms with Crippen molar-refractivity contribution < 1.29 is 19.5 Å². The number of aldehydes is 1. The van der Waals surface area contributed by atoms with Gasteiger partial charge in [-0.05, 0) is 49.2 Å². The average molecular weight is 386 g/mol. The highest BCUT2D eigenvalue weighted by atomic mass is 32.2. The maximum absolute atomic E-state index is 12.2. The van der Waals surface area contributed by atoms with Crippen LogP contribution in [0.5, 0.6) is 5.75 Å². The molecule has 0 spiro atoms. The number of phenols is 1. The average Bonchev–Trinajstić information content (AvgIpc) is 2.68. The molecule has 3 N–H and O–H groups in total. The fourth-order valence-corrected chi connectivity index (χ4v) is 2.94. The molecule has 0 aromatic heterocycles. The van der Waals surface area contributed by atoms with Crippen molar-refractivity contribution in [3.8, 4) is 5.75 Å². The predicted molar refractivity (Wildman–Crippen MR) is 108 cm³/mol. The van der Waals surface area contributed by atoms with E-state index >= 15 is 0 Å². The van der Waals surface area contributed by atoms with Gasteiger partial charge >= 0.3 is 0 Å². The van der Waals surface area contributed by atoms with Gasteiger partial charge in [-0.25, -0.2) is 0 Å². The zero-order valence-electron chi connectivity index (χ0n) is 15.2. The molecule has 0 bridgehead atoms. The molecule has 142 valence electrons. The lowest BCUT2D eigenvalue weighted by molar-refractivity contribution is -0.115. The number of thioether (sulfide) groups is 1. The van der Waals surface area contributed by atoms with E-state index in [9.17, 15) is 19.5 Å². The van der Waals surface area contributed by atoms with E-state index < -0.39 is 5.25 Å². The summed E-state index contributed by atoms with van der Waals surface area (Å²) < 4.78 is 0. The third-order valence-electron chi connectivity index (χ3n) is 3.89. The van der Waals surface area contributed by atoms with E-state index in [0.717, 1.165) is 6.42 Å². The van der Waals surface area contributed by atoms with Gasteiger partial charge < -0.3 is 15.7 Å². The number of carbonyl (C=O) groups excluding carboxylic acids is 3. The predicted octanol–water partition coefficient (Wildman–Crippen LogP) is 3.47. The Kier molecular flexibility index (Phi) is 7.43. The Hall–Kier alpha value is -2.80. The summed E-state index contributed by atoms with van der Waals surface area (Å²) in [5, 5.41) is 14.6. The lowest BCUT2D eigenvalue weighted by Gasteiger charge is -2.13. The number of anilines is 2. The molecule has 27 heavy (non-hydrogen) atoms. The van der Waals surface area contributed by atoms with Crippen molar-refractivity contribution in [2.75, 3.05) is 16.4 Å². The first-order chi connectivity index (χ1) is 12.9. The number of carbonyl (C=O) groups is 3. The first-order valence-corrected chi connectivity index (χ1v) is 9.57. The molecule has 6 nitrogen and oxygen atoms in total. The van der Waals surface area contributed by atoms with Gasteiger partial charge in [0, 0.05) is 11.3 Å². The monoisotopic (exact) mass is 386 g/mol. The Morgan fingerprint density at radius 3 is 2.48 bits per heavy atom. The van der Waals surface area contributed by atoms with Gasteiger partial charge in [0.05, 0.1) is 16.7 Å². The van der Waals surface area contributed by atoms with Crippen LogP contribution in [0, 0.1) is 0 Å². The molecule has 1 atom stereocenters. The normalized spacial score (nSPS) is 11.5. The van der Waals surface area contributed by atoms with Gasteiger partial charge in [0.1, 0.15) is 12.0 Å². The molecule has 7 heteroatoms. The SMILES string of the molecule is CCc1ccc(NC(=O)CSC(C)C(=O)Nc2cc(C=O)ccc2O)cc1. The van der Waals surface area contributed by atoms with Crippen molar-refractivity contribution in [1.29, 1.82) is 0 Å². The van der Waals surface area contributed by atoms with E-state index in [0.29, 0.717) is 17.5 Å². The molecule has 0 aliphatic heterocycles. The summed E-state index contributed by atoms with van der Waals surface area (Å²) in [4.78, 5) is 35.1. The topological polar surface area (TPSA) is 95.5 Å². The van der Waals surface area contributed by atoms with Crippen LogP contribution in [0.15, 0.2) is 42.5 Å². The van der Waals surface area contributed by atoms with Crippen molar-refractivity contribution in [2.24, 2.45) is 0 Å². The lowest BCUT2D eigenvalue weighted by Crippen LogP contribution is -2.25. The molecule has 0 heterocycles. The molecule has 2 aromatic rings. The number of nitrogens with one attached hydrogen (secondary N) is 2. The summed E-state index contributed by atoms with van der Waals surface area (Å²) in [6.07, 6.45) is 1.56. The zero-order valence-corrected chi connectivity index (χ0v) is 16.0. The molecule has 2 aromatic carbocycles. The number of aryl methyl sites for hydroxylation is 1. The molecule has 0 saturated carbocycles. The van der Waals surface area contributed by atoms with Gasteiger partial charge in [-0.3, -0.25) is 14.4 Å². The maximum Gasteiger partial charge on any atom is 0.237 e. The van der Waals surface area contributed by atoms with Crippen LogP contribution in [-0.2, 0) is 16.0 Å². The minimum Gasteiger partial charge on any atom is -0.506 e. The van der Waals surface area contributed by atoms with Crippen LogP contribution in [0.1, 0.15) is 29.8 Å². The van der Waals surface area contributed by atoms with Crippen LogP contribution < -0.4 is 10.6 Å². The van der Waals surface area contributed by atoms with Crippen LogP contribution in [0.2, 0.25) is 0 Å². The van der Waals surface area contributed by atoms with E-state index in [1.807, 2.05) is 24.3 Å². The Labute approximate surface area is 162 Å². The van der Waals surface area contributed by atoms with Crippen LogP contribution in [0.4, 0.5) is 11.4 Å². The first kappa shape index (κ1) is 20.5. The van der Waals surface area contributed by atoms with Crippen LogP contribution in [0.25, 0.3) is 0 Å². The highest BCUT2D eigenvalue weighted by molar-refractivity contribution is 8.01. The Morgan fingerprint density at radius 1 is 1.15 bits per heavy atom. The highest BCUT2D eigenvalue weighted by Crippen LogP contribution is 2.25. The Morgan fingerprint density at radius 2 is 1.85 bits per heavy atom. The van der Waals surface area contributed by atoms with E-state index in [1.165, 1.54) is 35.5 Å². The maximum atomic E-state index is 12.2. The van der Waals surface area contributed by atoms with Gasteiger partial charge in [0.25, 0.3) is 0 Å². The third-order valence-corrected chi connectivity index (χ3v) is 5.04. The summed E-state index contributed by atoms with van der Waals surface area (Å²) in [5.41, 5.74) is 2.41. The van der Waals surface area contributed by atoms with Gasteiger partial charge in [0.15, 0.2) is 0 Å². The molecular weight excluding hydrogens is 364 g/mol. The lowest BCUT2D eigenvalue weighted by atomic mass is 10.1. The van der Waals surface area contributed by atoms with E-state index in [4.69, 9.17) is 0 Å². The molecule has 0 saturated heterocycles. The fraction of sp³-hybridized carbons (Fsp3) is 0.250. The van der Waals surface area contributed by atoms with Gasteiger partial charge in [-0.15, -0.1) is 11.8 Å². The molecule has 0 aliphatic carbocycles. The van der Waals surface area contributed by atoms with Crippen molar-refractivity contribution >= 4 is 41.2 Å². The van der Waals surface area contributed by atoms with E-state index in [-0.39, 0.29) is 29.0 Å². The second kappa shape index (κ2) is 9.78. The van der Waals surface area contributed by atoms with Crippen molar-refractivity contribution in [1.82, 2.24) is 0 Å². The number of amides is 2. The number of hydrogen-bond donors (Lipinski definition) is 3. The second-order valence-corrected chi connectivity index (χ2v) is 7.26. The van der Waals surface area contributed by atoms with Crippen LogP contribution in [-0.4, -0.2) is 34.2 Å². The smallest absolute Gasteiger partial charge is 0.237 e. The standard InChI is InChI=1S/C20H22N2O4S/c1-3-14-4-7-16(8-5-14)21-19(25)12-27-13(2)20(26)22-17-10-15(11-23)6-9-18(17)24/h4-11,13,24H,3,12H2,1-2H3,(H,21,25)(H,22,26). The van der Waals surface area contributed by atoms with Crippen molar-refractivity contribution in [3.63, 3.8) is 0 Å². The van der Waals surface area contributed by atoms with Gasteiger partial charge in [-0.1, -0.05) is 19.1 Å². The number of rotatable bonds is 8. The third kappa shape index (κ3) is 6.14. The summed E-state index contributed by atoms with van der Waals surface area (Å²) >= 11 is 1.18. The molecule has 2 amide bonds. The molecular formula is C20H22N2O4S. The summed E-state index contributed by atoms with van der Waals surface area (Å²) in [6.45, 7) is 3.73. The molecule has 0 fully saturated rings. The molecule has 1 unspecified atom stereocenters. The summed E-state index contributed by atoms with van der Waals surface area (Å²) in [6, 6.07) is 11.8. The zero-order chi connectivity index (χ0) is 19.8. The van der Waals surface area contributed by atoms with Gasteiger partial charge in [0.2, 0.25) is 11.8 Å². The first-order valence-electron chi connectivity index (χ1n) is 8.52. The molecule has 0 radical (unpaired) electrons. The molecule has 0 aliphatic rings. The Balaban J connectivity index is 1.85. The quantitative estimate of drug-likeness (QED) is 0.477. The van der Waals surface area contributed by atoms with Crippen molar-refractivity contribution in [2.45, 2.75) is 25.5 Å². The van der Waals surface area contributed by atoms with Crippen LogP contribution >= 0.6 is 11.8 Å². The molecule has 2 rings (SSSR count). The Bertz CT molecular complexity index is 821. The fourth-order valence-electron chi connectivity index (χ4n) is 2.26. The van der Waals surface area contributed by atoms with Crippen LogP contribution in [0.3, 0.4) is 0 Å². The largest absolute Gasteiger partial charge is 0.506 e. The summed E-state index contributed by atoms with van der Waals surface area (Å²) in [5.74, 6) is -0.572. The van der Waals surface area contributed by atoms with Crippen molar-refractivity contribution in [3.05, 3.63) is 53.6 Å². The minimum absolute atomic E-state index is 0.116. The second-order valence-electron chi connectivity index (χ2n) is 5.94. The van der Waals surface area contributed by atoms with E-state index in [2.05, 4.69) is 17.6 Å². The summed E-state index contributed by atoms with van der Waals surface area (Å²) in [7, 11) is 0. The number of aromatic hydroxyl groups is 1. The minimum atomic E-state index is -0.516. The number of benzene rings is 2. The number of hydrogen-bond acceptors (Lipinski definition) is 5. The highest BCUT2D eigenvalue weighted by Gasteiger charge is 2.17. The van der Waals surface area contributed by atoms with Gasteiger partial charge in [-0.2, -0.15) is 0 Å². The number of phenolic OH excluding ortho intramolecular Hbond substituents is 1. The van der Waals surface area contributed by atoms with E-state index in [1.54, 1.807) is 6.92 Å².